The van der Waals surface area contributed by atoms with E-state index in [0.29, 0.717) is 5.56 Å². The molecule has 0 fully saturated rings. The predicted octanol–water partition coefficient (Wildman–Crippen LogP) is 3.75. The smallest absolute Gasteiger partial charge is 0.216 e. The van der Waals surface area contributed by atoms with Gasteiger partial charge in [-0.25, -0.2) is 0 Å². The quantitative estimate of drug-likeness (QED) is 0.668. The summed E-state index contributed by atoms with van der Waals surface area (Å²) in [5.41, 5.74) is 0.469. The summed E-state index contributed by atoms with van der Waals surface area (Å²) >= 11 is 19.6. The van der Waals surface area contributed by atoms with Crippen LogP contribution in [0.25, 0.3) is 0 Å². The van der Waals surface area contributed by atoms with Crippen LogP contribution in [0.3, 0.4) is 0 Å². The number of ketones is 1. The molecule has 1 atom stereocenters. The molecule has 0 radical (unpaired) electrons. The molecule has 6 heteroatoms. The summed E-state index contributed by atoms with van der Waals surface area (Å²) in [4.78, 5) is 11.7. The Balaban J connectivity index is 2.70. The van der Waals surface area contributed by atoms with Gasteiger partial charge in [0.25, 0.3) is 0 Å². The first-order valence-corrected chi connectivity index (χ1v) is 6.27. The van der Waals surface area contributed by atoms with Gasteiger partial charge in [0.05, 0.1) is 0 Å². The molecule has 0 amide bonds. The van der Waals surface area contributed by atoms with E-state index in [4.69, 9.17) is 34.8 Å². The van der Waals surface area contributed by atoms with Crippen LogP contribution in [0.2, 0.25) is 0 Å². The highest BCUT2D eigenvalue weighted by molar-refractivity contribution is 9.10. The van der Waals surface area contributed by atoms with Gasteiger partial charge < -0.3 is 5.11 Å². The molecule has 0 aromatic heterocycles. The number of hydrogen-bond donors (Lipinski definition) is 1. The zero-order valence-corrected chi connectivity index (χ0v) is 11.8. The highest BCUT2D eigenvalue weighted by atomic mass is 79.9. The molecule has 1 aromatic rings. The second-order valence-corrected chi connectivity index (χ2v) is 6.48. The standard InChI is InChI=1S/C10H8BrCl3O2/c11-7-3-1-6(2-4-7)8(15)5-9(16)10(12,13)14/h1-4,9,16H,5H2/t9-/m0/s1. The minimum absolute atomic E-state index is 0.224. The molecule has 0 heterocycles. The van der Waals surface area contributed by atoms with Crippen LogP contribution in [0.15, 0.2) is 28.7 Å². The average Bonchev–Trinajstić information content (AvgIpc) is 2.17. The van der Waals surface area contributed by atoms with E-state index >= 15 is 0 Å². The summed E-state index contributed by atoms with van der Waals surface area (Å²) in [5.74, 6) is -0.272. The van der Waals surface area contributed by atoms with E-state index in [2.05, 4.69) is 15.9 Å². The van der Waals surface area contributed by atoms with Crippen molar-refractivity contribution < 1.29 is 9.90 Å². The van der Waals surface area contributed by atoms with Gasteiger partial charge in [0.2, 0.25) is 3.79 Å². The Bertz CT molecular complexity index is 373. The van der Waals surface area contributed by atoms with E-state index in [1.165, 1.54) is 0 Å². The van der Waals surface area contributed by atoms with Crippen LogP contribution >= 0.6 is 50.7 Å². The minimum atomic E-state index is -1.84. The maximum absolute atomic E-state index is 11.7. The molecule has 0 bridgehead atoms. The molecule has 0 saturated heterocycles. The van der Waals surface area contributed by atoms with Crippen LogP contribution < -0.4 is 0 Å². The third-order valence-corrected chi connectivity index (χ3v) is 3.21. The fourth-order valence-electron chi connectivity index (χ4n) is 1.04. The predicted molar refractivity (Wildman–Crippen MR) is 69.4 cm³/mol. The van der Waals surface area contributed by atoms with Gasteiger partial charge in [0.1, 0.15) is 6.10 Å². The number of Topliss-reactive ketones (excluding diaryl/α,β-unsaturated/α-hetero) is 1. The Morgan fingerprint density at radius 2 is 1.81 bits per heavy atom. The number of aliphatic hydroxyl groups is 1. The zero-order chi connectivity index (χ0) is 12.3. The van der Waals surface area contributed by atoms with Crippen molar-refractivity contribution in [1.82, 2.24) is 0 Å². The van der Waals surface area contributed by atoms with Gasteiger partial charge in [0.15, 0.2) is 5.78 Å². The largest absolute Gasteiger partial charge is 0.388 e. The van der Waals surface area contributed by atoms with Gasteiger partial charge in [-0.05, 0) is 12.1 Å². The highest BCUT2D eigenvalue weighted by Gasteiger charge is 2.32. The van der Waals surface area contributed by atoms with Gasteiger partial charge >= 0.3 is 0 Å². The number of aliphatic hydroxyl groups excluding tert-OH is 1. The molecule has 0 aliphatic heterocycles. The maximum Gasteiger partial charge on any atom is 0.216 e. The van der Waals surface area contributed by atoms with Crippen molar-refractivity contribution in [3.63, 3.8) is 0 Å². The van der Waals surface area contributed by atoms with E-state index in [1.54, 1.807) is 24.3 Å². The topological polar surface area (TPSA) is 37.3 Å². The Hall–Kier alpha value is 0.200. The van der Waals surface area contributed by atoms with Crippen LogP contribution in [0.4, 0.5) is 0 Å². The van der Waals surface area contributed by atoms with E-state index < -0.39 is 9.90 Å². The molecule has 1 rings (SSSR count). The monoisotopic (exact) mass is 344 g/mol. The lowest BCUT2D eigenvalue weighted by atomic mass is 10.1. The van der Waals surface area contributed by atoms with Crippen LogP contribution in [0.5, 0.6) is 0 Å². The number of carbonyl (C=O) groups excluding carboxylic acids is 1. The number of hydrogen-bond acceptors (Lipinski definition) is 2. The molecule has 2 nitrogen and oxygen atoms in total. The van der Waals surface area contributed by atoms with Crippen molar-refractivity contribution in [2.45, 2.75) is 16.3 Å². The SMILES string of the molecule is O=C(C[C@H](O)C(Cl)(Cl)Cl)c1ccc(Br)cc1. The van der Waals surface area contributed by atoms with Crippen molar-refractivity contribution >= 4 is 56.5 Å². The zero-order valence-electron chi connectivity index (χ0n) is 7.96. The number of carbonyl (C=O) groups is 1. The third-order valence-electron chi connectivity index (χ3n) is 1.92. The van der Waals surface area contributed by atoms with Crippen LogP contribution in [0.1, 0.15) is 16.8 Å². The van der Waals surface area contributed by atoms with E-state index in [1.807, 2.05) is 0 Å². The van der Waals surface area contributed by atoms with Crippen molar-refractivity contribution in [1.29, 1.82) is 0 Å². The first-order valence-electron chi connectivity index (χ1n) is 4.34. The molecule has 0 saturated carbocycles. The van der Waals surface area contributed by atoms with Gasteiger partial charge in [-0.2, -0.15) is 0 Å². The Morgan fingerprint density at radius 3 is 2.25 bits per heavy atom. The summed E-state index contributed by atoms with van der Waals surface area (Å²) in [7, 11) is 0. The van der Waals surface area contributed by atoms with Gasteiger partial charge in [0, 0.05) is 16.5 Å². The first kappa shape index (κ1) is 14.3. The van der Waals surface area contributed by atoms with E-state index in [-0.39, 0.29) is 12.2 Å². The summed E-state index contributed by atoms with van der Waals surface area (Å²) in [6.45, 7) is 0. The second-order valence-electron chi connectivity index (χ2n) is 3.19. The Kier molecular flexibility index (Phi) is 5.08. The molecule has 16 heavy (non-hydrogen) atoms. The number of benzene rings is 1. The number of halogens is 4. The summed E-state index contributed by atoms with van der Waals surface area (Å²) in [6.07, 6.45) is -1.54. The lowest BCUT2D eigenvalue weighted by molar-refractivity contribution is 0.0884. The molecule has 0 aliphatic rings. The summed E-state index contributed by atoms with van der Waals surface area (Å²) in [5, 5.41) is 9.45. The summed E-state index contributed by atoms with van der Waals surface area (Å²) in [6, 6.07) is 6.74. The van der Waals surface area contributed by atoms with Crippen LogP contribution in [-0.2, 0) is 0 Å². The normalized spacial score (nSPS) is 13.6. The van der Waals surface area contributed by atoms with Crippen LogP contribution in [0, 0.1) is 0 Å². The maximum atomic E-state index is 11.7. The van der Waals surface area contributed by atoms with Gasteiger partial charge in [-0.15, -0.1) is 0 Å². The Labute approximate surface area is 117 Å². The molecular weight excluding hydrogens is 338 g/mol. The average molecular weight is 346 g/mol. The van der Waals surface area contributed by atoms with Gasteiger partial charge in [-0.1, -0.05) is 62.9 Å². The van der Waals surface area contributed by atoms with Crippen molar-refractivity contribution in [3.05, 3.63) is 34.3 Å². The molecule has 0 unspecified atom stereocenters. The van der Waals surface area contributed by atoms with E-state index in [0.717, 1.165) is 4.47 Å². The second kappa shape index (κ2) is 5.69. The van der Waals surface area contributed by atoms with Crippen molar-refractivity contribution in [2.24, 2.45) is 0 Å². The summed E-state index contributed by atoms with van der Waals surface area (Å²) < 4.78 is -0.976. The molecule has 88 valence electrons. The van der Waals surface area contributed by atoms with Crippen molar-refractivity contribution in [2.75, 3.05) is 0 Å². The van der Waals surface area contributed by atoms with Gasteiger partial charge in [-0.3, -0.25) is 4.79 Å². The van der Waals surface area contributed by atoms with Crippen molar-refractivity contribution in [3.8, 4) is 0 Å². The first-order chi connectivity index (χ1) is 7.30. The van der Waals surface area contributed by atoms with Crippen LogP contribution in [-0.4, -0.2) is 20.8 Å². The molecule has 0 aliphatic carbocycles. The molecule has 1 N–H and O–H groups in total. The fraction of sp³-hybridized carbons (Fsp3) is 0.300. The number of rotatable bonds is 3. The fourth-order valence-corrected chi connectivity index (χ4v) is 1.54. The lowest BCUT2D eigenvalue weighted by Crippen LogP contribution is -2.27. The highest BCUT2D eigenvalue weighted by Crippen LogP contribution is 2.32. The Morgan fingerprint density at radius 1 is 1.31 bits per heavy atom. The van der Waals surface area contributed by atoms with E-state index in [9.17, 15) is 9.90 Å². The number of alkyl halides is 3. The molecule has 0 spiro atoms. The minimum Gasteiger partial charge on any atom is -0.388 e. The molecular formula is C10H8BrCl3O2. The molecule has 1 aromatic carbocycles. The lowest BCUT2D eigenvalue weighted by Gasteiger charge is -2.17. The third kappa shape index (κ3) is 4.22.